The van der Waals surface area contributed by atoms with Gasteiger partial charge in [0, 0.05) is 35.6 Å². The first-order valence-corrected chi connectivity index (χ1v) is 8.26. The molecule has 0 bridgehead atoms. The van der Waals surface area contributed by atoms with Crippen molar-refractivity contribution in [2.45, 2.75) is 24.3 Å². The highest BCUT2D eigenvalue weighted by Gasteiger charge is 2.31. The Balaban J connectivity index is 1.97. The van der Waals surface area contributed by atoms with Gasteiger partial charge in [0.1, 0.15) is 0 Å². The van der Waals surface area contributed by atoms with Gasteiger partial charge in [0.2, 0.25) is 0 Å². The van der Waals surface area contributed by atoms with Crippen LogP contribution in [0.2, 0.25) is 0 Å². The molecule has 0 saturated carbocycles. The number of likely N-dealkylation sites (N-methyl/N-ethyl adjacent to an activating group) is 1. The minimum atomic E-state index is 0.140. The van der Waals surface area contributed by atoms with Crippen LogP contribution in [0, 0.1) is 0 Å². The van der Waals surface area contributed by atoms with E-state index in [9.17, 15) is 4.79 Å². The lowest BCUT2D eigenvalue weighted by molar-refractivity contribution is 0.0390. The van der Waals surface area contributed by atoms with E-state index in [1.54, 1.807) is 11.8 Å². The lowest BCUT2D eigenvalue weighted by atomic mass is 9.99. The second-order valence-corrected chi connectivity index (χ2v) is 6.98. The molecule has 0 N–H and O–H groups in total. The summed E-state index contributed by atoms with van der Waals surface area (Å²) in [5.41, 5.74) is 0.959. The van der Waals surface area contributed by atoms with Crippen molar-refractivity contribution in [1.29, 1.82) is 0 Å². The van der Waals surface area contributed by atoms with Gasteiger partial charge in [0.15, 0.2) is 5.78 Å². The van der Waals surface area contributed by atoms with Crippen LogP contribution in [-0.2, 0) is 0 Å². The molecule has 1 fully saturated rings. The molecule has 20 heavy (non-hydrogen) atoms. The van der Waals surface area contributed by atoms with Gasteiger partial charge in [-0.2, -0.15) is 0 Å². The lowest BCUT2D eigenvalue weighted by Gasteiger charge is -2.45. The Kier molecular flexibility index (Phi) is 4.89. The lowest BCUT2D eigenvalue weighted by Crippen LogP contribution is -2.58. The van der Waals surface area contributed by atoms with Crippen LogP contribution >= 0.6 is 11.8 Å². The second-order valence-electron chi connectivity index (χ2n) is 6.10. The highest BCUT2D eigenvalue weighted by molar-refractivity contribution is 7.98. The average Bonchev–Trinajstić information content (AvgIpc) is 2.42. The van der Waals surface area contributed by atoms with Gasteiger partial charge in [-0.1, -0.05) is 12.1 Å². The first-order valence-electron chi connectivity index (χ1n) is 7.03. The molecule has 0 radical (unpaired) electrons. The third kappa shape index (κ3) is 3.62. The van der Waals surface area contributed by atoms with Crippen molar-refractivity contribution >= 4 is 17.5 Å². The molecule has 110 valence electrons. The Labute approximate surface area is 126 Å². The summed E-state index contributed by atoms with van der Waals surface area (Å²) in [5.74, 6) is 0.220. The average molecular weight is 292 g/mol. The molecule has 0 amide bonds. The maximum Gasteiger partial charge on any atom is 0.176 e. The zero-order valence-electron chi connectivity index (χ0n) is 12.8. The van der Waals surface area contributed by atoms with E-state index in [1.807, 2.05) is 30.5 Å². The van der Waals surface area contributed by atoms with E-state index in [4.69, 9.17) is 0 Å². The number of ketones is 1. The van der Waals surface area contributed by atoms with Crippen molar-refractivity contribution in [3.8, 4) is 0 Å². The number of carbonyl (C=O) groups is 1. The smallest absolute Gasteiger partial charge is 0.176 e. The predicted octanol–water partition coefficient (Wildman–Crippen LogP) is 2.62. The molecular formula is C16H24N2OS. The number of Topliss-reactive ketones (excluding diaryl/α,β-unsaturated/α-hetero) is 1. The topological polar surface area (TPSA) is 23.6 Å². The van der Waals surface area contributed by atoms with E-state index in [0.717, 1.165) is 25.2 Å². The fraction of sp³-hybridized carbons (Fsp3) is 0.562. The fourth-order valence-electron chi connectivity index (χ4n) is 2.55. The zero-order valence-corrected chi connectivity index (χ0v) is 13.7. The predicted molar refractivity (Wildman–Crippen MR) is 85.7 cm³/mol. The van der Waals surface area contributed by atoms with Crippen molar-refractivity contribution in [3.63, 3.8) is 0 Å². The largest absolute Gasteiger partial charge is 0.299 e. The molecule has 1 aromatic carbocycles. The molecule has 0 atom stereocenters. The van der Waals surface area contributed by atoms with Gasteiger partial charge >= 0.3 is 0 Å². The monoisotopic (exact) mass is 292 g/mol. The van der Waals surface area contributed by atoms with Gasteiger partial charge in [-0.25, -0.2) is 0 Å². The van der Waals surface area contributed by atoms with Crippen LogP contribution in [0.1, 0.15) is 24.2 Å². The molecule has 0 spiro atoms. The maximum atomic E-state index is 12.3. The summed E-state index contributed by atoms with van der Waals surface area (Å²) >= 11 is 1.70. The van der Waals surface area contributed by atoms with E-state index in [0.29, 0.717) is 6.54 Å². The van der Waals surface area contributed by atoms with Crippen LogP contribution in [0.25, 0.3) is 0 Å². The highest BCUT2D eigenvalue weighted by Crippen LogP contribution is 2.19. The second kappa shape index (κ2) is 6.29. The van der Waals surface area contributed by atoms with Crippen molar-refractivity contribution in [3.05, 3.63) is 29.8 Å². The van der Waals surface area contributed by atoms with E-state index >= 15 is 0 Å². The van der Waals surface area contributed by atoms with E-state index in [1.165, 1.54) is 4.90 Å². The molecule has 0 unspecified atom stereocenters. The van der Waals surface area contributed by atoms with Crippen LogP contribution in [0.5, 0.6) is 0 Å². The van der Waals surface area contributed by atoms with Crippen molar-refractivity contribution < 1.29 is 4.79 Å². The van der Waals surface area contributed by atoms with Gasteiger partial charge in [0.25, 0.3) is 0 Å². The summed E-state index contributed by atoms with van der Waals surface area (Å²) in [5, 5.41) is 0. The summed E-state index contributed by atoms with van der Waals surface area (Å²) in [6.07, 6.45) is 2.04. The number of hydrogen-bond donors (Lipinski definition) is 0. The van der Waals surface area contributed by atoms with Crippen LogP contribution in [0.4, 0.5) is 0 Å². The SMILES string of the molecule is CSc1ccc(C(=O)CN2CCN(C)C(C)(C)C2)cc1. The third-order valence-corrected chi connectivity index (χ3v) is 4.92. The molecule has 1 aliphatic rings. The molecule has 0 aliphatic carbocycles. The third-order valence-electron chi connectivity index (χ3n) is 4.17. The van der Waals surface area contributed by atoms with E-state index in [2.05, 4.69) is 30.7 Å². The summed E-state index contributed by atoms with van der Waals surface area (Å²) in [4.78, 5) is 18.2. The first kappa shape index (κ1) is 15.5. The maximum absolute atomic E-state index is 12.3. The minimum absolute atomic E-state index is 0.140. The van der Waals surface area contributed by atoms with Crippen LogP contribution < -0.4 is 0 Å². The van der Waals surface area contributed by atoms with Gasteiger partial charge in [-0.3, -0.25) is 14.6 Å². The molecular weight excluding hydrogens is 268 g/mol. The van der Waals surface area contributed by atoms with Gasteiger partial charge in [0.05, 0.1) is 6.54 Å². The molecule has 0 aromatic heterocycles. The number of rotatable bonds is 4. The summed E-state index contributed by atoms with van der Waals surface area (Å²) in [7, 11) is 2.15. The number of benzene rings is 1. The quantitative estimate of drug-likeness (QED) is 0.629. The Morgan fingerprint density at radius 1 is 1.25 bits per heavy atom. The number of nitrogens with zero attached hydrogens (tertiary/aromatic N) is 2. The Morgan fingerprint density at radius 2 is 1.90 bits per heavy atom. The molecule has 1 aliphatic heterocycles. The van der Waals surface area contributed by atoms with Crippen LogP contribution in [0.15, 0.2) is 29.2 Å². The van der Waals surface area contributed by atoms with Crippen LogP contribution in [0.3, 0.4) is 0 Å². The molecule has 1 aromatic rings. The molecule has 2 rings (SSSR count). The first-order chi connectivity index (χ1) is 9.42. The molecule has 3 nitrogen and oxygen atoms in total. The molecule has 1 heterocycles. The van der Waals surface area contributed by atoms with Gasteiger partial charge < -0.3 is 0 Å². The number of piperazine rings is 1. The van der Waals surface area contributed by atoms with Crippen molar-refractivity contribution in [1.82, 2.24) is 9.80 Å². The number of thioether (sulfide) groups is 1. The fourth-order valence-corrected chi connectivity index (χ4v) is 2.96. The van der Waals surface area contributed by atoms with Crippen molar-refractivity contribution in [2.75, 3.05) is 39.5 Å². The number of carbonyl (C=O) groups excluding carboxylic acids is 1. The normalized spacial score (nSPS) is 20.0. The van der Waals surface area contributed by atoms with Gasteiger partial charge in [-0.15, -0.1) is 11.8 Å². The number of hydrogen-bond acceptors (Lipinski definition) is 4. The van der Waals surface area contributed by atoms with Crippen LogP contribution in [-0.4, -0.2) is 60.6 Å². The van der Waals surface area contributed by atoms with E-state index in [-0.39, 0.29) is 11.3 Å². The zero-order chi connectivity index (χ0) is 14.8. The Hall–Kier alpha value is -0.840. The summed E-state index contributed by atoms with van der Waals surface area (Å²) < 4.78 is 0. The minimum Gasteiger partial charge on any atom is -0.299 e. The highest BCUT2D eigenvalue weighted by atomic mass is 32.2. The molecule has 4 heteroatoms. The molecule has 1 saturated heterocycles. The summed E-state index contributed by atoms with van der Waals surface area (Å²) in [6.45, 7) is 7.92. The van der Waals surface area contributed by atoms with Gasteiger partial charge in [-0.05, 0) is 39.3 Å². The summed E-state index contributed by atoms with van der Waals surface area (Å²) in [6, 6.07) is 7.92. The van der Waals surface area contributed by atoms with E-state index < -0.39 is 0 Å². The standard InChI is InChI=1S/C16H24N2OS/c1-16(2)12-18(10-9-17(16)3)11-15(19)13-5-7-14(20-4)8-6-13/h5-8H,9-12H2,1-4H3. The van der Waals surface area contributed by atoms with Crippen molar-refractivity contribution in [2.24, 2.45) is 0 Å². The Bertz CT molecular complexity index is 470. The Morgan fingerprint density at radius 3 is 2.45 bits per heavy atom.